The molecule has 0 atom stereocenters. The maximum absolute atomic E-state index is 12.5. The highest BCUT2D eigenvalue weighted by Crippen LogP contribution is 2.37. The van der Waals surface area contributed by atoms with Crippen molar-refractivity contribution in [3.05, 3.63) is 65.8 Å². The normalized spacial score (nSPS) is 15.5. The maximum Gasteiger partial charge on any atom is 0.573 e. The van der Waals surface area contributed by atoms with Crippen LogP contribution in [0, 0.1) is 12.8 Å². The first-order valence-electron chi connectivity index (χ1n) is 7.15. The molecule has 1 aliphatic rings. The van der Waals surface area contributed by atoms with Crippen molar-refractivity contribution in [2.24, 2.45) is 5.92 Å². The standard InChI is InChI=1S/C18H19F3O/c1-4-14(10-13(3)15-7-8-15)11-16-6-5-12(2)9-17(16)22-18(19,20)21/h4-6,9-10,15H,1,3,7-8,11H2,2H3/b14-10+. The minimum Gasteiger partial charge on any atom is -0.405 e. The number of allylic oxidation sites excluding steroid dienone is 4. The summed E-state index contributed by atoms with van der Waals surface area (Å²) in [7, 11) is 0. The number of alkyl halides is 3. The molecule has 1 aromatic carbocycles. The van der Waals surface area contributed by atoms with Gasteiger partial charge in [-0.25, -0.2) is 0 Å². The van der Waals surface area contributed by atoms with E-state index in [1.165, 1.54) is 6.07 Å². The third-order valence-electron chi connectivity index (χ3n) is 3.58. The van der Waals surface area contributed by atoms with Gasteiger partial charge in [0.05, 0.1) is 0 Å². The number of benzene rings is 1. The fraction of sp³-hybridized carbons (Fsp3) is 0.333. The van der Waals surface area contributed by atoms with Crippen LogP contribution in [0.4, 0.5) is 13.2 Å². The molecular weight excluding hydrogens is 289 g/mol. The van der Waals surface area contributed by atoms with Crippen LogP contribution in [0.2, 0.25) is 0 Å². The first kappa shape index (κ1) is 16.4. The fourth-order valence-electron chi connectivity index (χ4n) is 2.24. The highest BCUT2D eigenvalue weighted by molar-refractivity contribution is 5.43. The largest absolute Gasteiger partial charge is 0.573 e. The Bertz CT molecular complexity index is 607. The van der Waals surface area contributed by atoms with Crippen molar-refractivity contribution in [1.82, 2.24) is 0 Å². The first-order chi connectivity index (χ1) is 10.3. The number of halogens is 3. The van der Waals surface area contributed by atoms with Gasteiger partial charge >= 0.3 is 6.36 Å². The van der Waals surface area contributed by atoms with Gasteiger partial charge in [-0.3, -0.25) is 0 Å². The molecule has 4 heteroatoms. The van der Waals surface area contributed by atoms with Crippen molar-refractivity contribution in [3.8, 4) is 5.75 Å². The summed E-state index contributed by atoms with van der Waals surface area (Å²) in [5, 5.41) is 0. The molecule has 22 heavy (non-hydrogen) atoms. The van der Waals surface area contributed by atoms with Gasteiger partial charge in [-0.05, 0) is 48.4 Å². The highest BCUT2D eigenvalue weighted by Gasteiger charge is 2.32. The molecule has 1 aliphatic carbocycles. The summed E-state index contributed by atoms with van der Waals surface area (Å²) < 4.78 is 41.7. The Morgan fingerprint density at radius 3 is 2.59 bits per heavy atom. The Morgan fingerprint density at radius 1 is 1.36 bits per heavy atom. The van der Waals surface area contributed by atoms with E-state index in [4.69, 9.17) is 0 Å². The Morgan fingerprint density at radius 2 is 2.05 bits per heavy atom. The van der Waals surface area contributed by atoms with Crippen LogP contribution in [-0.4, -0.2) is 6.36 Å². The molecule has 0 aliphatic heterocycles. The van der Waals surface area contributed by atoms with Gasteiger partial charge in [0.15, 0.2) is 0 Å². The van der Waals surface area contributed by atoms with Gasteiger partial charge in [-0.1, -0.05) is 43.0 Å². The molecule has 0 aromatic heterocycles. The fourth-order valence-corrected chi connectivity index (χ4v) is 2.24. The molecule has 1 saturated carbocycles. The maximum atomic E-state index is 12.5. The third-order valence-corrected chi connectivity index (χ3v) is 3.58. The average molecular weight is 308 g/mol. The minimum atomic E-state index is -4.70. The van der Waals surface area contributed by atoms with Gasteiger partial charge in [0.2, 0.25) is 0 Å². The van der Waals surface area contributed by atoms with E-state index in [9.17, 15) is 13.2 Å². The van der Waals surface area contributed by atoms with Crippen molar-refractivity contribution in [1.29, 1.82) is 0 Å². The lowest BCUT2D eigenvalue weighted by atomic mass is 10.00. The lowest BCUT2D eigenvalue weighted by Gasteiger charge is -2.14. The number of hydrogen-bond acceptors (Lipinski definition) is 1. The minimum absolute atomic E-state index is 0.155. The smallest absolute Gasteiger partial charge is 0.405 e. The number of hydrogen-bond donors (Lipinski definition) is 0. The van der Waals surface area contributed by atoms with Crippen LogP contribution in [0.15, 0.2) is 54.7 Å². The van der Waals surface area contributed by atoms with Gasteiger partial charge < -0.3 is 4.74 Å². The van der Waals surface area contributed by atoms with Crippen molar-refractivity contribution in [3.63, 3.8) is 0 Å². The molecular formula is C18H19F3O. The van der Waals surface area contributed by atoms with Crippen LogP contribution in [0.5, 0.6) is 5.75 Å². The summed E-state index contributed by atoms with van der Waals surface area (Å²) in [5.74, 6) is 0.358. The van der Waals surface area contributed by atoms with Crippen LogP contribution in [0.1, 0.15) is 24.0 Å². The van der Waals surface area contributed by atoms with E-state index >= 15 is 0 Å². The molecule has 1 aromatic rings. The second-order valence-electron chi connectivity index (χ2n) is 5.61. The summed E-state index contributed by atoms with van der Waals surface area (Å²) in [5.41, 5.74) is 3.06. The van der Waals surface area contributed by atoms with Gasteiger partial charge in [0, 0.05) is 6.42 Å². The lowest BCUT2D eigenvalue weighted by Crippen LogP contribution is -2.18. The zero-order valence-corrected chi connectivity index (χ0v) is 12.5. The summed E-state index contributed by atoms with van der Waals surface area (Å²) in [6.07, 6.45) is 1.48. The van der Waals surface area contributed by atoms with E-state index in [-0.39, 0.29) is 5.75 Å². The summed E-state index contributed by atoms with van der Waals surface area (Å²) in [6, 6.07) is 4.84. The molecule has 118 valence electrons. The van der Waals surface area contributed by atoms with E-state index in [0.717, 1.165) is 29.6 Å². The topological polar surface area (TPSA) is 9.23 Å². The summed E-state index contributed by atoms with van der Waals surface area (Å²) >= 11 is 0. The molecule has 1 fully saturated rings. The van der Waals surface area contributed by atoms with Crippen molar-refractivity contribution >= 4 is 0 Å². The average Bonchev–Trinajstić information content (AvgIpc) is 3.23. The first-order valence-corrected chi connectivity index (χ1v) is 7.15. The molecule has 0 N–H and O–H groups in total. The zero-order valence-electron chi connectivity index (χ0n) is 12.5. The van der Waals surface area contributed by atoms with Crippen LogP contribution in [-0.2, 0) is 6.42 Å². The predicted molar refractivity (Wildman–Crippen MR) is 81.7 cm³/mol. The molecule has 0 unspecified atom stereocenters. The van der Waals surface area contributed by atoms with Crippen LogP contribution < -0.4 is 4.74 Å². The van der Waals surface area contributed by atoms with E-state index in [1.807, 2.05) is 6.08 Å². The van der Waals surface area contributed by atoms with Crippen LogP contribution in [0.25, 0.3) is 0 Å². The Balaban J connectivity index is 2.23. The van der Waals surface area contributed by atoms with Gasteiger partial charge in [-0.2, -0.15) is 0 Å². The molecule has 0 saturated heterocycles. The Kier molecular flexibility index (Phi) is 4.79. The monoisotopic (exact) mass is 308 g/mol. The third kappa shape index (κ3) is 4.79. The Labute approximate surface area is 128 Å². The zero-order chi connectivity index (χ0) is 16.3. The SMILES string of the molecule is C=C/C(=C\C(=C)C1CC1)Cc1ccc(C)cc1OC(F)(F)F. The second kappa shape index (κ2) is 6.42. The van der Waals surface area contributed by atoms with Gasteiger partial charge in [-0.15, -0.1) is 13.2 Å². The van der Waals surface area contributed by atoms with E-state index in [1.54, 1.807) is 25.1 Å². The summed E-state index contributed by atoms with van der Waals surface area (Å²) in [4.78, 5) is 0. The van der Waals surface area contributed by atoms with E-state index < -0.39 is 6.36 Å². The quantitative estimate of drug-likeness (QED) is 0.629. The van der Waals surface area contributed by atoms with Crippen molar-refractivity contribution < 1.29 is 17.9 Å². The highest BCUT2D eigenvalue weighted by atomic mass is 19.4. The molecule has 0 radical (unpaired) electrons. The second-order valence-corrected chi connectivity index (χ2v) is 5.61. The predicted octanol–water partition coefficient (Wildman–Crippen LogP) is 5.51. The molecule has 0 bridgehead atoms. The van der Waals surface area contributed by atoms with Crippen LogP contribution in [0.3, 0.4) is 0 Å². The van der Waals surface area contributed by atoms with Crippen molar-refractivity contribution in [2.45, 2.75) is 32.5 Å². The van der Waals surface area contributed by atoms with E-state index in [2.05, 4.69) is 17.9 Å². The van der Waals surface area contributed by atoms with Crippen LogP contribution >= 0.6 is 0 Å². The molecule has 0 spiro atoms. The molecule has 0 amide bonds. The number of ether oxygens (including phenoxy) is 1. The van der Waals surface area contributed by atoms with Gasteiger partial charge in [0.25, 0.3) is 0 Å². The number of aryl methyl sites for hydroxylation is 1. The molecule has 2 rings (SSSR count). The molecule has 1 nitrogen and oxygen atoms in total. The number of rotatable bonds is 6. The van der Waals surface area contributed by atoms with E-state index in [0.29, 0.717) is 17.9 Å². The van der Waals surface area contributed by atoms with Crippen molar-refractivity contribution in [2.75, 3.05) is 0 Å². The lowest BCUT2D eigenvalue weighted by molar-refractivity contribution is -0.274. The summed E-state index contributed by atoms with van der Waals surface area (Å²) in [6.45, 7) is 9.47. The van der Waals surface area contributed by atoms with Gasteiger partial charge in [0.1, 0.15) is 5.75 Å². The Hall–Kier alpha value is -1.97. The molecule has 0 heterocycles.